The van der Waals surface area contributed by atoms with Crippen LogP contribution in [0.15, 0.2) is 22.8 Å². The van der Waals surface area contributed by atoms with Crippen LogP contribution in [0.3, 0.4) is 0 Å². The number of aromatic nitrogens is 2. The van der Waals surface area contributed by atoms with Crippen LogP contribution in [0.25, 0.3) is 0 Å². The molecule has 0 unspecified atom stereocenters. The van der Waals surface area contributed by atoms with Crippen molar-refractivity contribution in [1.29, 1.82) is 0 Å². The second-order valence-corrected chi connectivity index (χ2v) is 6.40. The Bertz CT molecular complexity index is 767. The second kappa shape index (κ2) is 8.18. The quantitative estimate of drug-likeness (QED) is 0.789. The Kier molecular flexibility index (Phi) is 5.72. The molecular formula is C18H24N4O4. The topological polar surface area (TPSA) is 89.6 Å². The van der Waals surface area contributed by atoms with Crippen LogP contribution < -0.4 is 5.32 Å². The van der Waals surface area contributed by atoms with Crippen LogP contribution in [0.5, 0.6) is 0 Å². The smallest absolute Gasteiger partial charge is 0.239 e. The zero-order chi connectivity index (χ0) is 18.5. The number of aryl methyl sites for hydroxylation is 2. The lowest BCUT2D eigenvalue weighted by atomic mass is 10.1. The number of nitrogens with one attached hydrogen (secondary N) is 1. The van der Waals surface area contributed by atoms with E-state index in [1.165, 1.54) is 10.6 Å². The van der Waals surface area contributed by atoms with E-state index in [1.54, 1.807) is 25.4 Å². The number of furan rings is 1. The molecule has 8 heteroatoms. The minimum atomic E-state index is -0.221. The van der Waals surface area contributed by atoms with Gasteiger partial charge in [0, 0.05) is 44.6 Å². The monoisotopic (exact) mass is 360 g/mol. The van der Waals surface area contributed by atoms with Gasteiger partial charge < -0.3 is 19.4 Å². The Morgan fingerprint density at radius 2 is 2.27 bits per heavy atom. The summed E-state index contributed by atoms with van der Waals surface area (Å²) in [5.74, 6) is 0.365. The number of nitrogens with zero attached hydrogens (tertiary/aromatic N) is 3. The first-order valence-electron chi connectivity index (χ1n) is 8.69. The average Bonchev–Trinajstić information content (AvgIpc) is 3.26. The summed E-state index contributed by atoms with van der Waals surface area (Å²) in [6, 6.07) is 3.55. The third-order valence-electron chi connectivity index (χ3n) is 4.51. The highest BCUT2D eigenvalue weighted by molar-refractivity contribution is 5.84. The van der Waals surface area contributed by atoms with Gasteiger partial charge in [-0.1, -0.05) is 0 Å². The van der Waals surface area contributed by atoms with E-state index in [9.17, 15) is 9.59 Å². The molecule has 0 radical (unpaired) electrons. The molecule has 0 aliphatic carbocycles. The van der Waals surface area contributed by atoms with Crippen LogP contribution in [0.2, 0.25) is 0 Å². The molecule has 2 aromatic rings. The standard InChI is InChI=1S/C18H24N4O4/c1-21(11-17(23)19-10-13-4-3-8-26-13)18(24)6-5-15-14-12-25-9-7-16(14)22(2)20-15/h3-4,8H,5-7,9-12H2,1-2H3,(H,19,23). The predicted molar refractivity (Wildman–Crippen MR) is 93.1 cm³/mol. The molecule has 0 fully saturated rings. The fourth-order valence-electron chi connectivity index (χ4n) is 3.06. The van der Waals surface area contributed by atoms with E-state index in [1.807, 2.05) is 11.7 Å². The molecule has 0 aromatic carbocycles. The van der Waals surface area contributed by atoms with E-state index in [-0.39, 0.29) is 18.4 Å². The van der Waals surface area contributed by atoms with Gasteiger partial charge in [0.05, 0.1) is 38.3 Å². The summed E-state index contributed by atoms with van der Waals surface area (Å²) in [6.45, 7) is 1.59. The molecule has 1 aliphatic heterocycles. The van der Waals surface area contributed by atoms with Crippen molar-refractivity contribution in [3.63, 3.8) is 0 Å². The normalized spacial score (nSPS) is 13.3. The average molecular weight is 360 g/mol. The van der Waals surface area contributed by atoms with Crippen LogP contribution >= 0.6 is 0 Å². The molecule has 0 saturated heterocycles. The van der Waals surface area contributed by atoms with Gasteiger partial charge in [-0.05, 0) is 12.1 Å². The Hall–Kier alpha value is -2.61. The number of carbonyl (C=O) groups is 2. The van der Waals surface area contributed by atoms with Gasteiger partial charge in [-0.25, -0.2) is 0 Å². The Morgan fingerprint density at radius 3 is 3.04 bits per heavy atom. The molecule has 0 bridgehead atoms. The molecule has 2 aromatic heterocycles. The summed E-state index contributed by atoms with van der Waals surface area (Å²) in [7, 11) is 3.55. The summed E-state index contributed by atoms with van der Waals surface area (Å²) in [5.41, 5.74) is 3.20. The maximum Gasteiger partial charge on any atom is 0.239 e. The molecule has 0 atom stereocenters. The Labute approximate surface area is 152 Å². The molecule has 26 heavy (non-hydrogen) atoms. The van der Waals surface area contributed by atoms with Crippen molar-refractivity contribution in [3.05, 3.63) is 41.1 Å². The molecule has 3 rings (SSSR count). The number of hydrogen-bond donors (Lipinski definition) is 1. The predicted octanol–water partition coefficient (Wildman–Crippen LogP) is 0.793. The third-order valence-corrected chi connectivity index (χ3v) is 4.51. The first-order valence-corrected chi connectivity index (χ1v) is 8.69. The van der Waals surface area contributed by atoms with E-state index in [0.29, 0.717) is 38.4 Å². The maximum atomic E-state index is 12.3. The lowest BCUT2D eigenvalue weighted by Crippen LogP contribution is -2.38. The molecule has 2 amide bonds. The van der Waals surface area contributed by atoms with Gasteiger partial charge >= 0.3 is 0 Å². The third kappa shape index (κ3) is 4.32. The fourth-order valence-corrected chi connectivity index (χ4v) is 3.06. The zero-order valence-electron chi connectivity index (χ0n) is 15.2. The van der Waals surface area contributed by atoms with E-state index in [4.69, 9.17) is 9.15 Å². The summed E-state index contributed by atoms with van der Waals surface area (Å²) in [6.07, 6.45) is 3.26. The van der Waals surface area contributed by atoms with Crippen molar-refractivity contribution in [2.24, 2.45) is 7.05 Å². The highest BCUT2D eigenvalue weighted by Crippen LogP contribution is 2.21. The van der Waals surface area contributed by atoms with Gasteiger partial charge in [0.2, 0.25) is 11.8 Å². The van der Waals surface area contributed by atoms with Gasteiger partial charge in [-0.15, -0.1) is 0 Å². The van der Waals surface area contributed by atoms with E-state index >= 15 is 0 Å². The van der Waals surface area contributed by atoms with Crippen molar-refractivity contribution in [1.82, 2.24) is 20.0 Å². The van der Waals surface area contributed by atoms with Crippen LogP contribution in [0.1, 0.15) is 29.1 Å². The summed E-state index contributed by atoms with van der Waals surface area (Å²) in [4.78, 5) is 25.7. The summed E-state index contributed by atoms with van der Waals surface area (Å²) in [5, 5.41) is 7.25. The van der Waals surface area contributed by atoms with E-state index in [0.717, 1.165) is 17.7 Å². The minimum absolute atomic E-state index is 0.0168. The number of fused-ring (bicyclic) bond motifs is 1. The molecule has 1 aliphatic rings. The fraction of sp³-hybridized carbons (Fsp3) is 0.500. The zero-order valence-corrected chi connectivity index (χ0v) is 15.2. The highest BCUT2D eigenvalue weighted by atomic mass is 16.5. The Morgan fingerprint density at radius 1 is 1.42 bits per heavy atom. The van der Waals surface area contributed by atoms with Crippen molar-refractivity contribution >= 4 is 11.8 Å². The van der Waals surface area contributed by atoms with Gasteiger partial charge in [0.15, 0.2) is 0 Å². The second-order valence-electron chi connectivity index (χ2n) is 6.40. The minimum Gasteiger partial charge on any atom is -0.467 e. The van der Waals surface area contributed by atoms with Crippen molar-refractivity contribution in [3.8, 4) is 0 Å². The van der Waals surface area contributed by atoms with Crippen LogP contribution in [-0.4, -0.2) is 46.7 Å². The first-order chi connectivity index (χ1) is 12.5. The maximum absolute atomic E-state index is 12.3. The largest absolute Gasteiger partial charge is 0.467 e. The van der Waals surface area contributed by atoms with E-state index < -0.39 is 0 Å². The highest BCUT2D eigenvalue weighted by Gasteiger charge is 2.21. The van der Waals surface area contributed by atoms with Crippen LogP contribution in [-0.2, 0) is 47.4 Å². The van der Waals surface area contributed by atoms with Crippen LogP contribution in [0.4, 0.5) is 0 Å². The van der Waals surface area contributed by atoms with E-state index in [2.05, 4.69) is 10.4 Å². The molecule has 140 valence electrons. The van der Waals surface area contributed by atoms with Crippen LogP contribution in [0, 0.1) is 0 Å². The van der Waals surface area contributed by atoms with Crippen molar-refractivity contribution in [2.45, 2.75) is 32.4 Å². The molecule has 0 spiro atoms. The number of hydrogen-bond acceptors (Lipinski definition) is 5. The molecular weight excluding hydrogens is 336 g/mol. The van der Waals surface area contributed by atoms with Gasteiger partial charge in [-0.2, -0.15) is 5.10 Å². The van der Waals surface area contributed by atoms with Gasteiger partial charge in [0.25, 0.3) is 0 Å². The lowest BCUT2D eigenvalue weighted by Gasteiger charge is -2.17. The van der Waals surface area contributed by atoms with Gasteiger partial charge in [-0.3, -0.25) is 14.3 Å². The lowest BCUT2D eigenvalue weighted by molar-refractivity contribution is -0.134. The Balaban J connectivity index is 1.46. The number of ether oxygens (including phenoxy) is 1. The SMILES string of the molecule is CN(CC(=O)NCc1ccco1)C(=O)CCc1nn(C)c2c1COCC2. The number of amides is 2. The molecule has 3 heterocycles. The molecule has 8 nitrogen and oxygen atoms in total. The summed E-state index contributed by atoms with van der Waals surface area (Å²) >= 11 is 0. The number of likely N-dealkylation sites (N-methyl/N-ethyl adjacent to an activating group) is 1. The molecule has 0 saturated carbocycles. The summed E-state index contributed by atoms with van der Waals surface area (Å²) < 4.78 is 12.5. The number of carbonyl (C=O) groups excluding carboxylic acids is 2. The van der Waals surface area contributed by atoms with Crippen molar-refractivity contribution in [2.75, 3.05) is 20.2 Å². The molecule has 1 N–H and O–H groups in total. The van der Waals surface area contributed by atoms with Crippen molar-refractivity contribution < 1.29 is 18.7 Å². The number of rotatable bonds is 7. The van der Waals surface area contributed by atoms with Gasteiger partial charge in [0.1, 0.15) is 5.76 Å². The first kappa shape index (κ1) is 18.2.